The van der Waals surface area contributed by atoms with Crippen LogP contribution >= 0.6 is 0 Å². The molecule has 4 atom stereocenters. The molecule has 0 saturated carbocycles. The van der Waals surface area contributed by atoms with Gasteiger partial charge in [-0.15, -0.1) is 0 Å². The van der Waals surface area contributed by atoms with Gasteiger partial charge in [0.25, 0.3) is 0 Å². The second kappa shape index (κ2) is 9.68. The Hall–Kier alpha value is -0.160. The van der Waals surface area contributed by atoms with Gasteiger partial charge in [0.1, 0.15) is 0 Å². The summed E-state index contributed by atoms with van der Waals surface area (Å²) in [4.78, 5) is 5.15. The van der Waals surface area contributed by atoms with Gasteiger partial charge in [0, 0.05) is 49.6 Å². The summed E-state index contributed by atoms with van der Waals surface area (Å²) in [5.74, 6) is 1.46. The summed E-state index contributed by atoms with van der Waals surface area (Å²) >= 11 is 0. The molecule has 0 aromatic heterocycles. The summed E-state index contributed by atoms with van der Waals surface area (Å²) in [6, 6.07) is 1.99. The minimum absolute atomic E-state index is 0.347. The molecule has 0 aromatic rings. The van der Waals surface area contributed by atoms with Gasteiger partial charge < -0.3 is 14.4 Å². The molecule has 2 saturated heterocycles. The zero-order valence-electron chi connectivity index (χ0n) is 17.7. The summed E-state index contributed by atoms with van der Waals surface area (Å²) in [5, 5.41) is 0. The van der Waals surface area contributed by atoms with Crippen molar-refractivity contribution >= 4 is 0 Å². The lowest BCUT2D eigenvalue weighted by atomic mass is 9.88. The van der Waals surface area contributed by atoms with E-state index in [-0.39, 0.29) is 0 Å². The summed E-state index contributed by atoms with van der Waals surface area (Å²) in [5.41, 5.74) is 0. The number of hydrogen-bond acceptors (Lipinski definition) is 4. The number of likely N-dealkylation sites (tertiary alicyclic amines) is 2. The van der Waals surface area contributed by atoms with Crippen LogP contribution in [0.2, 0.25) is 0 Å². The van der Waals surface area contributed by atoms with Crippen LogP contribution in [0.25, 0.3) is 0 Å². The van der Waals surface area contributed by atoms with Crippen molar-refractivity contribution in [1.29, 1.82) is 0 Å². The fourth-order valence-corrected chi connectivity index (χ4v) is 3.97. The Labute approximate surface area is 156 Å². The van der Waals surface area contributed by atoms with Gasteiger partial charge in [-0.25, -0.2) is 0 Å². The maximum absolute atomic E-state index is 6.10. The van der Waals surface area contributed by atoms with Crippen molar-refractivity contribution in [1.82, 2.24) is 9.80 Å². The van der Waals surface area contributed by atoms with Gasteiger partial charge in [-0.05, 0) is 61.3 Å². The minimum Gasteiger partial charge on any atom is -0.378 e. The van der Waals surface area contributed by atoms with Crippen LogP contribution < -0.4 is 0 Å². The van der Waals surface area contributed by atoms with Crippen molar-refractivity contribution in [2.75, 3.05) is 32.8 Å². The topological polar surface area (TPSA) is 24.9 Å². The molecule has 0 N–H and O–H groups in total. The standard InChI is InChI=1S/C21H42N2O2/c1-15(2)22-10-20(11-22)13-25-18(6)9-8-17(5)23-12-21(19(23)7)14-24-16(3)4/h15-21H,8-14H2,1-7H3. The minimum atomic E-state index is 0.347. The van der Waals surface area contributed by atoms with E-state index in [1.165, 1.54) is 26.1 Å². The predicted molar refractivity (Wildman–Crippen MR) is 105 cm³/mol. The summed E-state index contributed by atoms with van der Waals surface area (Å²) in [7, 11) is 0. The fraction of sp³-hybridized carbons (Fsp3) is 1.00. The lowest BCUT2D eigenvalue weighted by molar-refractivity contribution is -0.0695. The highest BCUT2D eigenvalue weighted by molar-refractivity contribution is 4.91. The first-order chi connectivity index (χ1) is 11.8. The van der Waals surface area contributed by atoms with Gasteiger partial charge >= 0.3 is 0 Å². The summed E-state index contributed by atoms with van der Waals surface area (Å²) < 4.78 is 11.9. The molecular formula is C21H42N2O2. The van der Waals surface area contributed by atoms with E-state index in [2.05, 4.69) is 58.3 Å². The number of hydrogen-bond donors (Lipinski definition) is 0. The normalized spacial score (nSPS) is 28.2. The van der Waals surface area contributed by atoms with Crippen molar-refractivity contribution in [2.24, 2.45) is 11.8 Å². The molecule has 2 rings (SSSR count). The second-order valence-corrected chi connectivity index (χ2v) is 9.06. The molecule has 2 aliphatic rings. The first-order valence-electron chi connectivity index (χ1n) is 10.5. The maximum Gasteiger partial charge on any atom is 0.0547 e. The Kier molecular flexibility index (Phi) is 8.19. The lowest BCUT2D eigenvalue weighted by Gasteiger charge is -2.50. The molecule has 0 spiro atoms. The second-order valence-electron chi connectivity index (χ2n) is 9.06. The van der Waals surface area contributed by atoms with E-state index in [1.54, 1.807) is 0 Å². The fourth-order valence-electron chi connectivity index (χ4n) is 3.97. The van der Waals surface area contributed by atoms with Crippen LogP contribution in [-0.2, 0) is 9.47 Å². The molecule has 4 nitrogen and oxygen atoms in total. The largest absolute Gasteiger partial charge is 0.378 e. The summed E-state index contributed by atoms with van der Waals surface area (Å²) in [6.45, 7) is 21.2. The van der Waals surface area contributed by atoms with Crippen molar-refractivity contribution < 1.29 is 9.47 Å². The highest BCUT2D eigenvalue weighted by atomic mass is 16.5. The molecule has 4 heteroatoms. The molecule has 0 radical (unpaired) electrons. The van der Waals surface area contributed by atoms with Crippen LogP contribution in [0, 0.1) is 11.8 Å². The monoisotopic (exact) mass is 354 g/mol. The van der Waals surface area contributed by atoms with Crippen LogP contribution in [0.1, 0.15) is 61.3 Å². The first-order valence-corrected chi connectivity index (χ1v) is 10.5. The zero-order chi connectivity index (χ0) is 18.6. The molecule has 4 unspecified atom stereocenters. The average molecular weight is 355 g/mol. The highest BCUT2D eigenvalue weighted by Gasteiger charge is 2.38. The molecule has 2 heterocycles. The molecule has 0 aliphatic carbocycles. The molecule has 0 bridgehead atoms. The Morgan fingerprint density at radius 3 is 2.12 bits per heavy atom. The van der Waals surface area contributed by atoms with Gasteiger partial charge in [-0.1, -0.05) is 0 Å². The van der Waals surface area contributed by atoms with Crippen molar-refractivity contribution in [3.63, 3.8) is 0 Å². The van der Waals surface area contributed by atoms with Crippen molar-refractivity contribution in [3.05, 3.63) is 0 Å². The Morgan fingerprint density at radius 1 is 0.880 bits per heavy atom. The lowest BCUT2D eigenvalue weighted by Crippen LogP contribution is -2.59. The van der Waals surface area contributed by atoms with Gasteiger partial charge in [0.15, 0.2) is 0 Å². The number of ether oxygens (including phenoxy) is 2. The molecule has 0 amide bonds. The van der Waals surface area contributed by atoms with Crippen LogP contribution in [0.3, 0.4) is 0 Å². The molecule has 2 fully saturated rings. The quantitative estimate of drug-likeness (QED) is 0.565. The predicted octanol–water partition coefficient (Wildman–Crippen LogP) is 3.65. The Morgan fingerprint density at radius 2 is 1.56 bits per heavy atom. The molecule has 148 valence electrons. The van der Waals surface area contributed by atoms with Crippen LogP contribution in [0.15, 0.2) is 0 Å². The number of rotatable bonds is 11. The Bertz CT molecular complexity index is 382. The van der Waals surface area contributed by atoms with E-state index in [0.717, 1.165) is 25.6 Å². The third kappa shape index (κ3) is 6.20. The smallest absolute Gasteiger partial charge is 0.0547 e. The van der Waals surface area contributed by atoms with Crippen LogP contribution in [0.4, 0.5) is 0 Å². The van der Waals surface area contributed by atoms with E-state index in [9.17, 15) is 0 Å². The van der Waals surface area contributed by atoms with E-state index < -0.39 is 0 Å². The van der Waals surface area contributed by atoms with Gasteiger partial charge in [0.2, 0.25) is 0 Å². The van der Waals surface area contributed by atoms with E-state index in [4.69, 9.17) is 9.47 Å². The van der Waals surface area contributed by atoms with E-state index >= 15 is 0 Å². The zero-order valence-corrected chi connectivity index (χ0v) is 17.7. The van der Waals surface area contributed by atoms with Crippen LogP contribution in [-0.4, -0.2) is 73.0 Å². The van der Waals surface area contributed by atoms with Gasteiger partial charge in [-0.3, -0.25) is 4.90 Å². The van der Waals surface area contributed by atoms with E-state index in [0.29, 0.717) is 36.3 Å². The molecular weight excluding hydrogens is 312 g/mol. The maximum atomic E-state index is 6.10. The van der Waals surface area contributed by atoms with Crippen LogP contribution in [0.5, 0.6) is 0 Å². The SMILES string of the molecule is CC(C)OCC1CN(C(C)CCC(C)OCC2CN(C(C)C)C2)C1C. The highest BCUT2D eigenvalue weighted by Crippen LogP contribution is 2.29. The average Bonchev–Trinajstić information content (AvgIpc) is 2.49. The van der Waals surface area contributed by atoms with Crippen molar-refractivity contribution in [3.8, 4) is 0 Å². The van der Waals surface area contributed by atoms with Gasteiger partial charge in [-0.2, -0.15) is 0 Å². The molecule has 25 heavy (non-hydrogen) atoms. The van der Waals surface area contributed by atoms with E-state index in [1.807, 2.05) is 0 Å². The number of nitrogens with zero attached hydrogens (tertiary/aromatic N) is 2. The summed E-state index contributed by atoms with van der Waals surface area (Å²) in [6.07, 6.45) is 3.12. The first kappa shape index (κ1) is 21.1. The molecule has 2 aliphatic heterocycles. The third-order valence-electron chi connectivity index (χ3n) is 6.18. The molecule has 0 aromatic carbocycles. The van der Waals surface area contributed by atoms with Gasteiger partial charge in [0.05, 0.1) is 25.4 Å². The Balaban J connectivity index is 1.54. The van der Waals surface area contributed by atoms with Crippen molar-refractivity contribution in [2.45, 2.75) is 91.6 Å². The third-order valence-corrected chi connectivity index (χ3v) is 6.18.